The number of imide groups is 1. The van der Waals surface area contributed by atoms with E-state index in [4.69, 9.17) is 0 Å². The van der Waals surface area contributed by atoms with Crippen LogP contribution in [0.2, 0.25) is 0 Å². The summed E-state index contributed by atoms with van der Waals surface area (Å²) in [4.78, 5) is 52.9. The minimum atomic E-state index is -0.544. The largest absolute Gasteiger partial charge is 0.339 e. The molecule has 5 amide bonds. The summed E-state index contributed by atoms with van der Waals surface area (Å²) in [7, 11) is 0. The highest BCUT2D eigenvalue weighted by Crippen LogP contribution is 2.18. The van der Waals surface area contributed by atoms with Crippen LogP contribution < -0.4 is 5.32 Å². The van der Waals surface area contributed by atoms with E-state index >= 15 is 0 Å². The maximum Gasteiger partial charge on any atom is 0.325 e. The number of urea groups is 1. The Morgan fingerprint density at radius 3 is 2.56 bits per heavy atom. The van der Waals surface area contributed by atoms with E-state index in [1.807, 2.05) is 42.2 Å². The predicted molar refractivity (Wildman–Crippen MR) is 97.4 cm³/mol. The summed E-state index contributed by atoms with van der Waals surface area (Å²) in [5.74, 6) is -0.623. The van der Waals surface area contributed by atoms with Gasteiger partial charge in [0.1, 0.15) is 13.1 Å². The molecule has 2 saturated heterocycles. The van der Waals surface area contributed by atoms with Gasteiger partial charge in [0, 0.05) is 32.1 Å². The van der Waals surface area contributed by atoms with Crippen LogP contribution in [0, 0.1) is 0 Å². The summed E-state index contributed by atoms with van der Waals surface area (Å²) in [6.45, 7) is 3.01. The Labute approximate surface area is 158 Å². The average Bonchev–Trinajstić information content (AvgIpc) is 2.88. The number of nitrogens with zero attached hydrogens (tertiary/aromatic N) is 3. The molecular formula is C19H24N4O4. The van der Waals surface area contributed by atoms with Gasteiger partial charge in [-0.3, -0.25) is 19.7 Å². The van der Waals surface area contributed by atoms with E-state index in [-0.39, 0.29) is 37.4 Å². The van der Waals surface area contributed by atoms with Crippen molar-refractivity contribution in [2.75, 3.05) is 26.2 Å². The van der Waals surface area contributed by atoms with E-state index in [0.717, 1.165) is 12.0 Å². The van der Waals surface area contributed by atoms with E-state index < -0.39 is 11.9 Å². The molecule has 8 nitrogen and oxygen atoms in total. The lowest BCUT2D eigenvalue weighted by Crippen LogP contribution is -2.46. The molecule has 2 aliphatic rings. The lowest BCUT2D eigenvalue weighted by Gasteiger charge is -2.31. The molecule has 2 aliphatic heterocycles. The molecule has 0 unspecified atom stereocenters. The van der Waals surface area contributed by atoms with Crippen molar-refractivity contribution in [1.29, 1.82) is 0 Å². The van der Waals surface area contributed by atoms with Crippen LogP contribution in [0.5, 0.6) is 0 Å². The molecule has 8 heteroatoms. The molecule has 1 atom stereocenters. The Bertz CT molecular complexity index is 736. The molecule has 27 heavy (non-hydrogen) atoms. The molecule has 1 aromatic carbocycles. The van der Waals surface area contributed by atoms with Crippen LogP contribution in [-0.2, 0) is 20.9 Å². The first-order chi connectivity index (χ1) is 13.0. The van der Waals surface area contributed by atoms with Crippen molar-refractivity contribution in [1.82, 2.24) is 20.0 Å². The zero-order chi connectivity index (χ0) is 19.4. The van der Waals surface area contributed by atoms with E-state index in [1.165, 1.54) is 4.90 Å². The molecule has 0 spiro atoms. The maximum atomic E-state index is 12.7. The number of carbonyl (C=O) groups is 4. The summed E-state index contributed by atoms with van der Waals surface area (Å²) >= 11 is 0. The molecule has 0 radical (unpaired) electrons. The summed E-state index contributed by atoms with van der Waals surface area (Å²) in [6.07, 6.45) is 0.977. The maximum absolute atomic E-state index is 12.7. The van der Waals surface area contributed by atoms with Crippen molar-refractivity contribution in [3.05, 3.63) is 35.9 Å². The molecule has 2 fully saturated rings. The number of carbonyl (C=O) groups excluding carboxylic acids is 4. The van der Waals surface area contributed by atoms with E-state index in [0.29, 0.717) is 19.6 Å². The van der Waals surface area contributed by atoms with Crippen LogP contribution in [0.1, 0.15) is 25.3 Å². The van der Waals surface area contributed by atoms with Crippen LogP contribution in [-0.4, -0.2) is 70.7 Å². The van der Waals surface area contributed by atoms with Crippen LogP contribution in [0.25, 0.3) is 0 Å². The molecule has 1 N–H and O–H groups in total. The van der Waals surface area contributed by atoms with Crippen molar-refractivity contribution in [2.24, 2.45) is 0 Å². The van der Waals surface area contributed by atoms with Crippen molar-refractivity contribution >= 4 is 23.8 Å². The Morgan fingerprint density at radius 1 is 1.19 bits per heavy atom. The zero-order valence-corrected chi connectivity index (χ0v) is 15.4. The summed E-state index contributed by atoms with van der Waals surface area (Å²) in [6, 6.07) is 9.15. The van der Waals surface area contributed by atoms with Gasteiger partial charge < -0.3 is 14.7 Å². The minimum Gasteiger partial charge on any atom is -0.339 e. The Morgan fingerprint density at radius 2 is 1.93 bits per heavy atom. The molecular weight excluding hydrogens is 348 g/mol. The standard InChI is InChI=1S/C19H24N4O4/c1-2-15-11-21(18(26)13-22-12-16(24)20-19(22)27)9-8-17(25)23(15)10-14-6-4-3-5-7-14/h3-7,15H,2,8-13H2,1H3,(H,20,24,27)/t15-/m0/s1. The predicted octanol–water partition coefficient (Wildman–Crippen LogP) is 0.578. The van der Waals surface area contributed by atoms with E-state index in [1.54, 1.807) is 4.90 Å². The third-order valence-electron chi connectivity index (χ3n) is 5.00. The fourth-order valence-corrected chi connectivity index (χ4v) is 3.47. The molecule has 0 aromatic heterocycles. The highest BCUT2D eigenvalue weighted by molar-refractivity contribution is 6.03. The number of nitrogens with one attached hydrogen (secondary N) is 1. The van der Waals surface area contributed by atoms with E-state index in [9.17, 15) is 19.2 Å². The Balaban J connectivity index is 1.67. The van der Waals surface area contributed by atoms with Gasteiger partial charge in [-0.1, -0.05) is 37.3 Å². The monoisotopic (exact) mass is 372 g/mol. The number of amides is 5. The van der Waals surface area contributed by atoms with Crippen LogP contribution in [0.15, 0.2) is 30.3 Å². The SMILES string of the molecule is CC[C@H]1CN(C(=O)CN2CC(=O)NC2=O)CCC(=O)N1Cc1ccccc1. The van der Waals surface area contributed by atoms with Crippen LogP contribution in [0.4, 0.5) is 4.79 Å². The normalized spacial score (nSPS) is 20.7. The van der Waals surface area contributed by atoms with Gasteiger partial charge in [-0.25, -0.2) is 4.79 Å². The van der Waals surface area contributed by atoms with Crippen molar-refractivity contribution < 1.29 is 19.2 Å². The smallest absolute Gasteiger partial charge is 0.325 e. The Kier molecular flexibility index (Phi) is 5.73. The first kappa shape index (κ1) is 18.9. The highest BCUT2D eigenvalue weighted by atomic mass is 16.2. The van der Waals surface area contributed by atoms with Gasteiger partial charge in [-0.15, -0.1) is 0 Å². The second-order valence-electron chi connectivity index (χ2n) is 6.87. The lowest BCUT2D eigenvalue weighted by atomic mass is 10.1. The van der Waals surface area contributed by atoms with Gasteiger partial charge in [0.05, 0.1) is 0 Å². The fourth-order valence-electron chi connectivity index (χ4n) is 3.47. The fraction of sp³-hybridized carbons (Fsp3) is 0.474. The molecule has 144 valence electrons. The zero-order valence-electron chi connectivity index (χ0n) is 15.4. The Hall–Kier alpha value is -2.90. The number of benzene rings is 1. The third-order valence-corrected chi connectivity index (χ3v) is 5.00. The molecule has 0 aliphatic carbocycles. The van der Waals surface area contributed by atoms with Gasteiger partial charge in [0.15, 0.2) is 0 Å². The topological polar surface area (TPSA) is 90.0 Å². The van der Waals surface area contributed by atoms with Crippen molar-refractivity contribution in [3.8, 4) is 0 Å². The van der Waals surface area contributed by atoms with Crippen molar-refractivity contribution in [3.63, 3.8) is 0 Å². The minimum absolute atomic E-state index is 0.0232. The average molecular weight is 372 g/mol. The van der Waals surface area contributed by atoms with Crippen molar-refractivity contribution in [2.45, 2.75) is 32.4 Å². The van der Waals surface area contributed by atoms with Crippen LogP contribution in [0.3, 0.4) is 0 Å². The van der Waals surface area contributed by atoms with Gasteiger partial charge >= 0.3 is 6.03 Å². The summed E-state index contributed by atoms with van der Waals surface area (Å²) in [5.41, 5.74) is 1.05. The quantitative estimate of drug-likeness (QED) is 0.766. The van der Waals surface area contributed by atoms with Crippen LogP contribution >= 0.6 is 0 Å². The third kappa shape index (κ3) is 4.45. The first-order valence-corrected chi connectivity index (χ1v) is 9.18. The molecule has 0 saturated carbocycles. The molecule has 1 aromatic rings. The lowest BCUT2D eigenvalue weighted by molar-refractivity contribution is -0.133. The summed E-state index contributed by atoms with van der Waals surface area (Å²) < 4.78 is 0. The summed E-state index contributed by atoms with van der Waals surface area (Å²) in [5, 5.41) is 2.16. The first-order valence-electron chi connectivity index (χ1n) is 9.18. The van der Waals surface area contributed by atoms with E-state index in [2.05, 4.69) is 5.32 Å². The second-order valence-corrected chi connectivity index (χ2v) is 6.87. The van der Waals surface area contributed by atoms with Gasteiger partial charge in [-0.05, 0) is 12.0 Å². The van der Waals surface area contributed by atoms with Gasteiger partial charge in [-0.2, -0.15) is 0 Å². The number of hydrogen-bond donors (Lipinski definition) is 1. The van der Waals surface area contributed by atoms with Gasteiger partial charge in [0.2, 0.25) is 17.7 Å². The molecule has 3 rings (SSSR count). The second kappa shape index (κ2) is 8.20. The molecule has 0 bridgehead atoms. The molecule has 2 heterocycles. The highest BCUT2D eigenvalue weighted by Gasteiger charge is 2.33. The van der Waals surface area contributed by atoms with Gasteiger partial charge in [0.25, 0.3) is 0 Å². The number of rotatable bonds is 5. The number of hydrogen-bond acceptors (Lipinski definition) is 4.